The van der Waals surface area contributed by atoms with Crippen molar-refractivity contribution < 1.29 is 5.11 Å². The lowest BCUT2D eigenvalue weighted by molar-refractivity contribution is -0.0548. The maximum atomic E-state index is 10.3. The first-order valence-electron chi connectivity index (χ1n) is 11.5. The van der Waals surface area contributed by atoms with Crippen molar-refractivity contribution in [1.29, 1.82) is 0 Å². The Hall–Kier alpha value is -0.0400. The average molecular weight is 349 g/mol. The van der Waals surface area contributed by atoms with E-state index in [1.807, 2.05) is 0 Å². The zero-order valence-electron chi connectivity index (χ0n) is 17.7. The highest BCUT2D eigenvalue weighted by Gasteiger charge is 2.56. The molecule has 3 saturated carbocycles. The van der Waals surface area contributed by atoms with Gasteiger partial charge < -0.3 is 5.11 Å². The first-order valence-corrected chi connectivity index (χ1v) is 11.5. The Bertz CT molecular complexity index is 441. The SMILES string of the molecule is CCC(C)C1CCC2C3CCCCC(O)CCC(C)(C)C3CCC12C. The van der Waals surface area contributed by atoms with Crippen LogP contribution in [0.2, 0.25) is 0 Å². The van der Waals surface area contributed by atoms with Crippen LogP contribution < -0.4 is 0 Å². The lowest BCUT2D eigenvalue weighted by Gasteiger charge is -2.54. The van der Waals surface area contributed by atoms with Gasteiger partial charge in [-0.2, -0.15) is 0 Å². The third kappa shape index (κ3) is 3.69. The van der Waals surface area contributed by atoms with Crippen molar-refractivity contribution in [1.82, 2.24) is 0 Å². The maximum absolute atomic E-state index is 10.3. The zero-order valence-corrected chi connectivity index (χ0v) is 17.7. The van der Waals surface area contributed by atoms with E-state index in [2.05, 4.69) is 34.6 Å². The second kappa shape index (κ2) is 7.53. The summed E-state index contributed by atoms with van der Waals surface area (Å²) >= 11 is 0. The van der Waals surface area contributed by atoms with Crippen molar-refractivity contribution in [3.05, 3.63) is 0 Å². The first-order chi connectivity index (χ1) is 11.8. The van der Waals surface area contributed by atoms with Gasteiger partial charge in [0.15, 0.2) is 0 Å². The topological polar surface area (TPSA) is 20.2 Å². The fourth-order valence-electron chi connectivity index (χ4n) is 7.55. The van der Waals surface area contributed by atoms with Gasteiger partial charge in [0.25, 0.3) is 0 Å². The first kappa shape index (κ1) is 19.7. The van der Waals surface area contributed by atoms with E-state index in [1.54, 1.807) is 0 Å². The molecule has 0 aromatic rings. The van der Waals surface area contributed by atoms with Gasteiger partial charge in [-0.3, -0.25) is 0 Å². The Labute approximate surface area is 157 Å². The van der Waals surface area contributed by atoms with Crippen molar-refractivity contribution in [2.24, 2.45) is 40.4 Å². The molecule has 0 spiro atoms. The molecule has 0 radical (unpaired) electrons. The standard InChI is InChI=1S/C24H44O/c1-6-17(2)20-11-12-22-19-10-8-7-9-18(25)13-15-23(3,4)21(19)14-16-24(20,22)5/h17-22,25H,6-16H2,1-5H3. The Morgan fingerprint density at radius 1 is 0.880 bits per heavy atom. The highest BCUT2D eigenvalue weighted by atomic mass is 16.3. The lowest BCUT2D eigenvalue weighted by atomic mass is 9.51. The molecule has 0 heterocycles. The third-order valence-electron chi connectivity index (χ3n) is 9.29. The second-order valence-electron chi connectivity index (χ2n) is 11.0. The molecule has 0 aromatic carbocycles. The summed E-state index contributed by atoms with van der Waals surface area (Å²) in [5, 5.41) is 10.3. The van der Waals surface area contributed by atoms with Crippen LogP contribution in [0, 0.1) is 40.4 Å². The molecule has 1 heteroatoms. The molecule has 0 saturated heterocycles. The molecule has 3 fully saturated rings. The average Bonchev–Trinajstić information content (AvgIpc) is 2.93. The number of aliphatic hydroxyl groups is 1. The monoisotopic (exact) mass is 348 g/mol. The van der Waals surface area contributed by atoms with E-state index in [0.29, 0.717) is 10.8 Å². The Balaban J connectivity index is 1.84. The summed E-state index contributed by atoms with van der Waals surface area (Å²) in [6.07, 6.45) is 14.5. The number of hydrogen-bond donors (Lipinski definition) is 1. The van der Waals surface area contributed by atoms with Crippen molar-refractivity contribution in [2.45, 2.75) is 111 Å². The molecule has 7 unspecified atom stereocenters. The fourth-order valence-corrected chi connectivity index (χ4v) is 7.55. The molecule has 3 aliphatic carbocycles. The van der Waals surface area contributed by atoms with Crippen LogP contribution in [0.3, 0.4) is 0 Å². The molecule has 1 N–H and O–H groups in total. The summed E-state index contributed by atoms with van der Waals surface area (Å²) in [4.78, 5) is 0. The molecule has 1 nitrogen and oxygen atoms in total. The molecular formula is C24H44O. The van der Waals surface area contributed by atoms with Gasteiger partial charge in [-0.25, -0.2) is 0 Å². The van der Waals surface area contributed by atoms with Crippen molar-refractivity contribution >= 4 is 0 Å². The molecule has 0 aliphatic heterocycles. The molecule has 3 rings (SSSR count). The summed E-state index contributed by atoms with van der Waals surface area (Å²) in [6.45, 7) is 12.6. The van der Waals surface area contributed by atoms with Crippen LogP contribution in [-0.4, -0.2) is 11.2 Å². The highest BCUT2D eigenvalue weighted by Crippen LogP contribution is 2.64. The van der Waals surface area contributed by atoms with Gasteiger partial charge in [0.05, 0.1) is 6.10 Å². The molecule has 25 heavy (non-hydrogen) atoms. The van der Waals surface area contributed by atoms with Gasteiger partial charge in [-0.15, -0.1) is 0 Å². The molecule has 3 aliphatic rings. The van der Waals surface area contributed by atoms with Crippen LogP contribution in [-0.2, 0) is 0 Å². The minimum Gasteiger partial charge on any atom is -0.393 e. The Morgan fingerprint density at radius 2 is 1.60 bits per heavy atom. The van der Waals surface area contributed by atoms with Crippen molar-refractivity contribution in [2.75, 3.05) is 0 Å². The van der Waals surface area contributed by atoms with E-state index in [-0.39, 0.29) is 6.10 Å². The minimum atomic E-state index is -0.0500. The predicted molar refractivity (Wildman–Crippen MR) is 107 cm³/mol. The number of aliphatic hydroxyl groups excluding tert-OH is 1. The maximum Gasteiger partial charge on any atom is 0.0540 e. The summed E-state index contributed by atoms with van der Waals surface area (Å²) in [6, 6.07) is 0. The van der Waals surface area contributed by atoms with Gasteiger partial charge in [0.1, 0.15) is 0 Å². The summed E-state index contributed by atoms with van der Waals surface area (Å²) in [7, 11) is 0. The normalized spacial score (nSPS) is 46.1. The number of rotatable bonds is 2. The number of fused-ring (bicyclic) bond motifs is 3. The van der Waals surface area contributed by atoms with E-state index >= 15 is 0 Å². The Morgan fingerprint density at radius 3 is 2.32 bits per heavy atom. The predicted octanol–water partition coefficient (Wildman–Crippen LogP) is 6.83. The van der Waals surface area contributed by atoms with Crippen molar-refractivity contribution in [3.8, 4) is 0 Å². The quantitative estimate of drug-likeness (QED) is 0.579. The molecule has 0 aromatic heterocycles. The van der Waals surface area contributed by atoms with Crippen LogP contribution >= 0.6 is 0 Å². The van der Waals surface area contributed by atoms with Gasteiger partial charge in [-0.05, 0) is 91.8 Å². The minimum absolute atomic E-state index is 0.0500. The van der Waals surface area contributed by atoms with E-state index in [1.165, 1.54) is 57.8 Å². The van der Waals surface area contributed by atoms with Gasteiger partial charge in [-0.1, -0.05) is 53.9 Å². The summed E-state index contributed by atoms with van der Waals surface area (Å²) in [5.74, 6) is 4.65. The molecule has 7 atom stereocenters. The highest BCUT2D eigenvalue weighted by molar-refractivity contribution is 5.05. The molecule has 146 valence electrons. The summed E-state index contributed by atoms with van der Waals surface area (Å²) in [5.41, 5.74) is 1.01. The smallest absolute Gasteiger partial charge is 0.0540 e. The number of hydrogen-bond acceptors (Lipinski definition) is 1. The lowest BCUT2D eigenvalue weighted by Crippen LogP contribution is -2.47. The molecular weight excluding hydrogens is 304 g/mol. The van der Waals surface area contributed by atoms with Crippen LogP contribution in [0.1, 0.15) is 105 Å². The van der Waals surface area contributed by atoms with Gasteiger partial charge in [0, 0.05) is 0 Å². The molecule has 0 amide bonds. The van der Waals surface area contributed by atoms with E-state index < -0.39 is 0 Å². The fraction of sp³-hybridized carbons (Fsp3) is 1.00. The van der Waals surface area contributed by atoms with Gasteiger partial charge >= 0.3 is 0 Å². The van der Waals surface area contributed by atoms with Crippen LogP contribution in [0.15, 0.2) is 0 Å². The van der Waals surface area contributed by atoms with Gasteiger partial charge in [0.2, 0.25) is 0 Å². The van der Waals surface area contributed by atoms with E-state index in [0.717, 1.165) is 42.4 Å². The summed E-state index contributed by atoms with van der Waals surface area (Å²) < 4.78 is 0. The van der Waals surface area contributed by atoms with Crippen molar-refractivity contribution in [3.63, 3.8) is 0 Å². The molecule has 0 bridgehead atoms. The van der Waals surface area contributed by atoms with Crippen LogP contribution in [0.25, 0.3) is 0 Å². The van der Waals surface area contributed by atoms with Crippen LogP contribution in [0.5, 0.6) is 0 Å². The van der Waals surface area contributed by atoms with E-state index in [4.69, 9.17) is 0 Å². The Kier molecular flexibility index (Phi) is 5.94. The van der Waals surface area contributed by atoms with E-state index in [9.17, 15) is 5.11 Å². The third-order valence-corrected chi connectivity index (χ3v) is 9.29. The van der Waals surface area contributed by atoms with Crippen LogP contribution in [0.4, 0.5) is 0 Å². The largest absolute Gasteiger partial charge is 0.393 e. The second-order valence-corrected chi connectivity index (χ2v) is 11.0. The zero-order chi connectivity index (χ0) is 18.2.